The molecular weight excluding hydrogens is 453 g/mol. The van der Waals surface area contributed by atoms with Crippen molar-refractivity contribution in [1.29, 1.82) is 0 Å². The quantitative estimate of drug-likeness (QED) is 0.344. The van der Waals surface area contributed by atoms with Crippen LogP contribution in [0.15, 0.2) is 73.1 Å². The van der Waals surface area contributed by atoms with Gasteiger partial charge in [-0.2, -0.15) is 9.97 Å². The lowest BCUT2D eigenvalue weighted by molar-refractivity contribution is 0.913. The molecule has 0 unspecified atom stereocenters. The molecule has 5 nitrogen and oxygen atoms in total. The molecule has 2 heterocycles. The van der Waals surface area contributed by atoms with Gasteiger partial charge in [-0.25, -0.2) is 4.98 Å². The summed E-state index contributed by atoms with van der Waals surface area (Å²) in [5.41, 5.74) is 5.04. The molecule has 156 valence electrons. The third-order valence-corrected chi connectivity index (χ3v) is 5.13. The summed E-state index contributed by atoms with van der Waals surface area (Å²) in [6, 6.07) is 19.9. The monoisotopic (exact) mass is 469 g/mol. The number of pyridine rings is 1. The predicted octanol–water partition coefficient (Wildman–Crippen LogP) is 6.35. The molecule has 2 aromatic heterocycles. The van der Waals surface area contributed by atoms with E-state index in [0.717, 1.165) is 22.3 Å². The van der Waals surface area contributed by atoms with E-state index in [1.165, 1.54) is 5.56 Å². The summed E-state index contributed by atoms with van der Waals surface area (Å²) in [5.74, 6) is 0.796. The standard InChI is InChI=1S/C23H18Cl3N5/c1-15-6-8-17(9-7-15)18-4-2-3-5-19(18)20-29-21(23(24,25)26)31-22(30-20)28-14-16-10-12-27-13-11-16/h2-13H,14H2,1H3,(H,28,29,30,31). The van der Waals surface area contributed by atoms with Gasteiger partial charge in [-0.05, 0) is 35.7 Å². The van der Waals surface area contributed by atoms with Gasteiger partial charge in [0.15, 0.2) is 11.6 Å². The highest BCUT2D eigenvalue weighted by atomic mass is 35.6. The van der Waals surface area contributed by atoms with E-state index in [1.54, 1.807) is 12.4 Å². The topological polar surface area (TPSA) is 63.6 Å². The summed E-state index contributed by atoms with van der Waals surface area (Å²) in [5, 5.41) is 3.18. The van der Waals surface area contributed by atoms with Crippen LogP contribution in [0.1, 0.15) is 17.0 Å². The highest BCUT2D eigenvalue weighted by Gasteiger charge is 2.29. The molecular formula is C23H18Cl3N5. The lowest BCUT2D eigenvalue weighted by Crippen LogP contribution is -2.13. The largest absolute Gasteiger partial charge is 0.350 e. The van der Waals surface area contributed by atoms with Crippen molar-refractivity contribution in [2.75, 3.05) is 5.32 Å². The second-order valence-electron chi connectivity index (χ2n) is 6.92. The summed E-state index contributed by atoms with van der Waals surface area (Å²) in [6.07, 6.45) is 3.45. The Hall–Kier alpha value is -2.73. The summed E-state index contributed by atoms with van der Waals surface area (Å²) < 4.78 is -1.79. The fraction of sp³-hybridized carbons (Fsp3) is 0.130. The number of aryl methyl sites for hydroxylation is 1. The molecule has 0 spiro atoms. The Balaban J connectivity index is 1.77. The number of anilines is 1. The molecule has 2 aromatic carbocycles. The van der Waals surface area contributed by atoms with Crippen molar-refractivity contribution in [2.24, 2.45) is 0 Å². The minimum absolute atomic E-state index is 0.0541. The molecule has 4 aromatic rings. The van der Waals surface area contributed by atoms with E-state index >= 15 is 0 Å². The molecule has 0 aliphatic heterocycles. The average Bonchev–Trinajstić information content (AvgIpc) is 2.78. The minimum atomic E-state index is -1.79. The summed E-state index contributed by atoms with van der Waals surface area (Å²) in [6.45, 7) is 2.54. The highest BCUT2D eigenvalue weighted by molar-refractivity contribution is 6.66. The van der Waals surface area contributed by atoms with Crippen molar-refractivity contribution < 1.29 is 0 Å². The number of benzene rings is 2. The Bertz CT molecular complexity index is 1180. The molecule has 0 bridgehead atoms. The van der Waals surface area contributed by atoms with Crippen molar-refractivity contribution in [3.8, 4) is 22.5 Å². The number of rotatable bonds is 5. The molecule has 0 fully saturated rings. The van der Waals surface area contributed by atoms with Crippen LogP contribution in [0.4, 0.5) is 5.95 Å². The van der Waals surface area contributed by atoms with E-state index in [2.05, 4.69) is 56.4 Å². The second kappa shape index (κ2) is 9.18. The van der Waals surface area contributed by atoms with Gasteiger partial charge in [0.25, 0.3) is 0 Å². The normalized spacial score (nSPS) is 11.4. The maximum Gasteiger partial charge on any atom is 0.250 e. The second-order valence-corrected chi connectivity index (χ2v) is 9.21. The van der Waals surface area contributed by atoms with Crippen LogP contribution >= 0.6 is 34.8 Å². The van der Waals surface area contributed by atoms with Gasteiger partial charge in [0.2, 0.25) is 9.74 Å². The van der Waals surface area contributed by atoms with E-state index in [0.29, 0.717) is 18.3 Å². The molecule has 0 radical (unpaired) electrons. The number of aromatic nitrogens is 4. The smallest absolute Gasteiger partial charge is 0.250 e. The fourth-order valence-corrected chi connectivity index (χ4v) is 3.30. The van der Waals surface area contributed by atoms with Gasteiger partial charge in [0, 0.05) is 24.5 Å². The van der Waals surface area contributed by atoms with Crippen molar-refractivity contribution in [3.05, 3.63) is 90.0 Å². The van der Waals surface area contributed by atoms with E-state index in [1.807, 2.05) is 36.4 Å². The molecule has 8 heteroatoms. The Morgan fingerprint density at radius 3 is 2.16 bits per heavy atom. The first-order valence-electron chi connectivity index (χ1n) is 9.52. The Morgan fingerprint density at radius 2 is 1.48 bits per heavy atom. The average molecular weight is 471 g/mol. The Labute approximate surface area is 195 Å². The summed E-state index contributed by atoms with van der Waals surface area (Å²) >= 11 is 18.4. The molecule has 0 amide bonds. The number of hydrogen-bond acceptors (Lipinski definition) is 5. The molecule has 4 rings (SSSR count). The maximum absolute atomic E-state index is 6.12. The van der Waals surface area contributed by atoms with Gasteiger partial charge >= 0.3 is 0 Å². The summed E-state index contributed by atoms with van der Waals surface area (Å²) in [7, 11) is 0. The summed E-state index contributed by atoms with van der Waals surface area (Å²) in [4.78, 5) is 17.4. The van der Waals surface area contributed by atoms with Crippen LogP contribution in [0.5, 0.6) is 0 Å². The molecule has 0 atom stereocenters. The van der Waals surface area contributed by atoms with Gasteiger partial charge in [0.1, 0.15) is 0 Å². The zero-order valence-electron chi connectivity index (χ0n) is 16.6. The van der Waals surface area contributed by atoms with Crippen LogP contribution < -0.4 is 5.32 Å². The SMILES string of the molecule is Cc1ccc(-c2ccccc2-c2nc(NCc3ccncc3)nc(C(Cl)(Cl)Cl)n2)cc1. The van der Waals surface area contributed by atoms with Gasteiger partial charge in [-0.15, -0.1) is 0 Å². The first kappa shape index (κ1) is 21.5. The van der Waals surface area contributed by atoms with Crippen molar-refractivity contribution in [3.63, 3.8) is 0 Å². The van der Waals surface area contributed by atoms with Crippen LogP contribution in [-0.2, 0) is 10.3 Å². The third-order valence-electron chi connectivity index (χ3n) is 4.62. The van der Waals surface area contributed by atoms with E-state index in [-0.39, 0.29) is 5.82 Å². The number of hydrogen-bond donors (Lipinski definition) is 1. The maximum atomic E-state index is 6.12. The number of nitrogens with one attached hydrogen (secondary N) is 1. The van der Waals surface area contributed by atoms with E-state index < -0.39 is 3.79 Å². The lowest BCUT2D eigenvalue weighted by atomic mass is 9.98. The Kier molecular flexibility index (Phi) is 6.37. The molecule has 0 aliphatic rings. The molecule has 0 aliphatic carbocycles. The first-order chi connectivity index (χ1) is 14.9. The van der Waals surface area contributed by atoms with Crippen molar-refractivity contribution in [2.45, 2.75) is 17.3 Å². The first-order valence-corrected chi connectivity index (χ1v) is 10.7. The number of nitrogens with zero attached hydrogens (tertiary/aromatic N) is 4. The van der Waals surface area contributed by atoms with Crippen LogP contribution in [-0.4, -0.2) is 19.9 Å². The van der Waals surface area contributed by atoms with Crippen LogP contribution in [0.25, 0.3) is 22.5 Å². The molecule has 1 N–H and O–H groups in total. The van der Waals surface area contributed by atoms with E-state index in [9.17, 15) is 0 Å². The predicted molar refractivity (Wildman–Crippen MR) is 126 cm³/mol. The van der Waals surface area contributed by atoms with E-state index in [4.69, 9.17) is 34.8 Å². The molecule has 0 saturated heterocycles. The lowest BCUT2D eigenvalue weighted by Gasteiger charge is -2.15. The zero-order valence-corrected chi connectivity index (χ0v) is 18.8. The highest BCUT2D eigenvalue weighted by Crippen LogP contribution is 2.38. The number of halogens is 3. The van der Waals surface area contributed by atoms with Crippen LogP contribution in [0, 0.1) is 6.92 Å². The van der Waals surface area contributed by atoms with Crippen LogP contribution in [0.2, 0.25) is 0 Å². The van der Waals surface area contributed by atoms with Gasteiger partial charge in [0.05, 0.1) is 0 Å². The zero-order chi connectivity index (χ0) is 21.8. The minimum Gasteiger partial charge on any atom is -0.350 e. The molecule has 31 heavy (non-hydrogen) atoms. The molecule has 0 saturated carbocycles. The third kappa shape index (κ3) is 5.31. The van der Waals surface area contributed by atoms with Crippen molar-refractivity contribution in [1.82, 2.24) is 19.9 Å². The van der Waals surface area contributed by atoms with Gasteiger partial charge in [-0.3, -0.25) is 4.98 Å². The Morgan fingerprint density at radius 1 is 0.806 bits per heavy atom. The number of alkyl halides is 3. The fourth-order valence-electron chi connectivity index (χ4n) is 3.05. The van der Waals surface area contributed by atoms with Gasteiger partial charge < -0.3 is 5.32 Å². The van der Waals surface area contributed by atoms with Crippen molar-refractivity contribution >= 4 is 40.8 Å². The van der Waals surface area contributed by atoms with Crippen LogP contribution in [0.3, 0.4) is 0 Å². The van der Waals surface area contributed by atoms with Gasteiger partial charge in [-0.1, -0.05) is 88.9 Å².